The Morgan fingerprint density at radius 2 is 1.33 bits per heavy atom. The number of hydrogen-bond acceptors (Lipinski definition) is 2. The smallest absolute Gasteiger partial charge is 0.335 e. The predicted molar refractivity (Wildman–Crippen MR) is 148 cm³/mol. The number of benzene rings is 5. The van der Waals surface area contributed by atoms with Crippen molar-refractivity contribution in [2.24, 2.45) is 0 Å². The van der Waals surface area contributed by atoms with Gasteiger partial charge >= 0.3 is 5.97 Å². The highest BCUT2D eigenvalue weighted by molar-refractivity contribution is 6.01. The van der Waals surface area contributed by atoms with Crippen LogP contribution in [-0.2, 0) is 5.41 Å². The molecule has 3 heteroatoms. The molecule has 0 aromatic heterocycles. The summed E-state index contributed by atoms with van der Waals surface area (Å²) in [6.07, 6.45) is 0. The number of anilines is 3. The molecule has 176 valence electrons. The van der Waals surface area contributed by atoms with Gasteiger partial charge in [0.25, 0.3) is 0 Å². The third kappa shape index (κ3) is 3.31. The first-order valence-corrected chi connectivity index (χ1v) is 12.2. The van der Waals surface area contributed by atoms with Crippen LogP contribution in [0.5, 0.6) is 0 Å². The third-order valence-electron chi connectivity index (χ3n) is 7.56. The van der Waals surface area contributed by atoms with E-state index in [9.17, 15) is 9.90 Å². The summed E-state index contributed by atoms with van der Waals surface area (Å²) < 4.78 is 0. The van der Waals surface area contributed by atoms with Gasteiger partial charge in [-0.15, -0.1) is 0 Å². The van der Waals surface area contributed by atoms with Crippen LogP contribution in [0.1, 0.15) is 40.9 Å². The van der Waals surface area contributed by atoms with Crippen LogP contribution in [0.15, 0.2) is 103 Å². The lowest BCUT2D eigenvalue weighted by atomic mass is 9.82. The van der Waals surface area contributed by atoms with Gasteiger partial charge in [0.2, 0.25) is 0 Å². The van der Waals surface area contributed by atoms with Crippen molar-refractivity contribution in [1.29, 1.82) is 0 Å². The van der Waals surface area contributed by atoms with Crippen LogP contribution < -0.4 is 4.90 Å². The molecule has 1 aliphatic rings. The fraction of sp³-hybridized carbons (Fsp3) is 0.121. The number of carbonyl (C=O) groups is 1. The van der Waals surface area contributed by atoms with Crippen molar-refractivity contribution < 1.29 is 9.90 Å². The average Bonchev–Trinajstić information content (AvgIpc) is 3.13. The molecule has 0 unspecified atom stereocenters. The summed E-state index contributed by atoms with van der Waals surface area (Å²) >= 11 is 0. The molecule has 1 aliphatic carbocycles. The number of hydrogen-bond donors (Lipinski definition) is 1. The zero-order chi connectivity index (χ0) is 25.0. The SMILES string of the molecule is Cc1ccc(N(c2ccc(C(=O)O)cc2)c2ccc3c(c2)C(C)(C)c2ccccc2-3)c2ccccc12. The molecule has 0 heterocycles. The molecule has 3 nitrogen and oxygen atoms in total. The van der Waals surface area contributed by atoms with E-state index in [1.165, 1.54) is 33.2 Å². The molecule has 0 aliphatic heterocycles. The molecule has 1 N–H and O–H groups in total. The van der Waals surface area contributed by atoms with Crippen LogP contribution in [0.25, 0.3) is 21.9 Å². The zero-order valence-electron chi connectivity index (χ0n) is 20.6. The first-order valence-electron chi connectivity index (χ1n) is 12.2. The van der Waals surface area contributed by atoms with Crippen LogP contribution in [0.2, 0.25) is 0 Å². The Balaban J connectivity index is 1.59. The second-order valence-electron chi connectivity index (χ2n) is 10.0. The molecule has 36 heavy (non-hydrogen) atoms. The fourth-order valence-electron chi connectivity index (χ4n) is 5.64. The lowest BCUT2D eigenvalue weighted by Crippen LogP contribution is -2.16. The van der Waals surface area contributed by atoms with Gasteiger partial charge in [-0.05, 0) is 82.6 Å². The summed E-state index contributed by atoms with van der Waals surface area (Å²) in [6.45, 7) is 6.71. The van der Waals surface area contributed by atoms with Crippen molar-refractivity contribution in [2.45, 2.75) is 26.2 Å². The Morgan fingerprint density at radius 1 is 0.694 bits per heavy atom. The Bertz CT molecular complexity index is 1650. The van der Waals surface area contributed by atoms with Gasteiger partial charge in [-0.3, -0.25) is 0 Å². The van der Waals surface area contributed by atoms with E-state index < -0.39 is 5.97 Å². The second kappa shape index (κ2) is 8.10. The Morgan fingerprint density at radius 3 is 2.08 bits per heavy atom. The first kappa shape index (κ1) is 22.1. The van der Waals surface area contributed by atoms with Gasteiger partial charge in [0.1, 0.15) is 0 Å². The largest absolute Gasteiger partial charge is 0.478 e. The maximum absolute atomic E-state index is 11.5. The third-order valence-corrected chi connectivity index (χ3v) is 7.56. The number of aryl methyl sites for hydroxylation is 1. The Kier molecular flexibility index (Phi) is 4.97. The number of fused-ring (bicyclic) bond motifs is 4. The highest BCUT2D eigenvalue weighted by Gasteiger charge is 2.35. The van der Waals surface area contributed by atoms with E-state index in [-0.39, 0.29) is 11.0 Å². The monoisotopic (exact) mass is 469 g/mol. The zero-order valence-corrected chi connectivity index (χ0v) is 20.6. The highest BCUT2D eigenvalue weighted by atomic mass is 16.4. The van der Waals surface area contributed by atoms with Gasteiger partial charge < -0.3 is 10.0 Å². The molecule has 0 bridgehead atoms. The van der Waals surface area contributed by atoms with Crippen LogP contribution in [0.3, 0.4) is 0 Å². The number of carboxylic acid groups (broad SMARTS) is 1. The number of rotatable bonds is 4. The molecular formula is C33H27NO2. The standard InChI is InChI=1S/C33H27NO2/c1-21-12-19-31(28-10-5-4-8-25(21)28)34(23-15-13-22(14-16-23)32(35)36)24-17-18-27-26-9-6-7-11-29(26)33(2,3)30(27)20-24/h4-20H,1-3H3,(H,35,36). The van der Waals surface area contributed by atoms with Crippen molar-refractivity contribution >= 4 is 33.8 Å². The summed E-state index contributed by atoms with van der Waals surface area (Å²) in [5.41, 5.74) is 9.62. The van der Waals surface area contributed by atoms with Crippen molar-refractivity contribution in [1.82, 2.24) is 0 Å². The molecule has 5 aromatic carbocycles. The first-order chi connectivity index (χ1) is 17.4. The summed E-state index contributed by atoms with van der Waals surface area (Å²) in [5.74, 6) is -0.925. The maximum atomic E-state index is 11.5. The lowest BCUT2D eigenvalue weighted by Gasteiger charge is -2.29. The van der Waals surface area contributed by atoms with Crippen molar-refractivity contribution in [3.05, 3.63) is 125 Å². The van der Waals surface area contributed by atoms with Gasteiger partial charge in [-0.1, -0.05) is 74.5 Å². The van der Waals surface area contributed by atoms with E-state index in [2.05, 4.69) is 105 Å². The quantitative estimate of drug-likeness (QED) is 0.286. The summed E-state index contributed by atoms with van der Waals surface area (Å²) in [5, 5.41) is 11.8. The fourth-order valence-corrected chi connectivity index (χ4v) is 5.64. The maximum Gasteiger partial charge on any atom is 0.335 e. The minimum atomic E-state index is -0.925. The normalized spacial score (nSPS) is 13.3. The number of aromatic carboxylic acids is 1. The van der Waals surface area contributed by atoms with Crippen molar-refractivity contribution in [2.75, 3.05) is 4.90 Å². The average molecular weight is 470 g/mol. The molecular weight excluding hydrogens is 442 g/mol. The van der Waals surface area contributed by atoms with E-state index in [4.69, 9.17) is 0 Å². The van der Waals surface area contributed by atoms with Gasteiger partial charge in [-0.2, -0.15) is 0 Å². The van der Waals surface area contributed by atoms with E-state index in [0.717, 1.165) is 22.4 Å². The molecule has 5 aromatic rings. The molecule has 0 saturated carbocycles. The van der Waals surface area contributed by atoms with Crippen molar-refractivity contribution in [3.8, 4) is 11.1 Å². The van der Waals surface area contributed by atoms with Gasteiger partial charge in [0.15, 0.2) is 0 Å². The molecule has 0 spiro atoms. The summed E-state index contributed by atoms with van der Waals surface area (Å²) in [7, 11) is 0. The molecule has 0 amide bonds. The molecule has 0 saturated heterocycles. The molecule has 0 atom stereocenters. The highest BCUT2D eigenvalue weighted by Crippen LogP contribution is 2.51. The van der Waals surface area contributed by atoms with Gasteiger partial charge in [0.05, 0.1) is 11.3 Å². The van der Waals surface area contributed by atoms with Crippen LogP contribution >= 0.6 is 0 Å². The van der Waals surface area contributed by atoms with E-state index in [1.54, 1.807) is 12.1 Å². The van der Waals surface area contributed by atoms with Crippen LogP contribution in [-0.4, -0.2) is 11.1 Å². The van der Waals surface area contributed by atoms with E-state index in [0.29, 0.717) is 0 Å². The number of carboxylic acids is 1. The molecule has 6 rings (SSSR count). The lowest BCUT2D eigenvalue weighted by molar-refractivity contribution is 0.0697. The van der Waals surface area contributed by atoms with Gasteiger partial charge in [-0.25, -0.2) is 4.79 Å². The molecule has 0 radical (unpaired) electrons. The minimum absolute atomic E-state index is 0.115. The Hall–Kier alpha value is -4.37. The predicted octanol–water partition coefficient (Wildman–Crippen LogP) is 8.62. The van der Waals surface area contributed by atoms with Crippen LogP contribution in [0.4, 0.5) is 17.1 Å². The van der Waals surface area contributed by atoms with Crippen LogP contribution in [0, 0.1) is 6.92 Å². The van der Waals surface area contributed by atoms with E-state index >= 15 is 0 Å². The van der Waals surface area contributed by atoms with E-state index in [1.807, 2.05) is 12.1 Å². The van der Waals surface area contributed by atoms with Crippen molar-refractivity contribution in [3.63, 3.8) is 0 Å². The summed E-state index contributed by atoms with van der Waals surface area (Å²) in [6, 6.07) is 35.3. The summed E-state index contributed by atoms with van der Waals surface area (Å²) in [4.78, 5) is 13.8. The second-order valence-corrected chi connectivity index (χ2v) is 10.0. The molecule has 0 fully saturated rings. The topological polar surface area (TPSA) is 40.5 Å². The van der Waals surface area contributed by atoms with Gasteiger partial charge in [0, 0.05) is 22.2 Å². The number of nitrogens with zero attached hydrogens (tertiary/aromatic N) is 1. The minimum Gasteiger partial charge on any atom is -0.478 e. The Labute approximate surface area is 211 Å².